The maximum Gasteiger partial charge on any atom is 0.472 e. The summed E-state index contributed by atoms with van der Waals surface area (Å²) in [6.45, 7) is 3.02. The number of phosphoric acid groups is 2. The lowest BCUT2D eigenvalue weighted by Crippen LogP contribution is -2.69. The molecule has 125 heavy (non-hydrogen) atoms. The molecule has 4 aliphatic heterocycles. The summed E-state index contributed by atoms with van der Waals surface area (Å²) in [4.78, 5) is 128. The van der Waals surface area contributed by atoms with Crippen molar-refractivity contribution in [3.8, 4) is 0 Å². The van der Waals surface area contributed by atoms with Crippen LogP contribution in [-0.2, 0) is 89.6 Å². The van der Waals surface area contributed by atoms with Gasteiger partial charge in [0.1, 0.15) is 73.1 Å². The molecule has 2 unspecified atom stereocenters. The number of carboxylic acids is 2. The molecular formula is C84H154N2O37P2. The van der Waals surface area contributed by atoms with E-state index in [0.29, 0.717) is 51.4 Å². The zero-order chi connectivity index (χ0) is 92.7. The zero-order valence-electron chi connectivity index (χ0n) is 73.8. The predicted octanol–water partition coefficient (Wildman–Crippen LogP) is 6.21. The van der Waals surface area contributed by atoms with Gasteiger partial charge in [0.05, 0.1) is 88.7 Å². The van der Waals surface area contributed by atoms with Crippen LogP contribution in [-0.4, -0.2) is 299 Å². The molecular weight excluding hydrogens is 1690 g/mol. The van der Waals surface area contributed by atoms with Gasteiger partial charge in [0.2, 0.25) is 11.8 Å². The molecule has 0 aliphatic carbocycles. The number of hydrogen-bond donors (Lipinski definition) is 20. The lowest BCUT2D eigenvalue weighted by molar-refractivity contribution is -0.378. The van der Waals surface area contributed by atoms with Gasteiger partial charge in [-0.25, -0.2) is 18.7 Å². The van der Waals surface area contributed by atoms with E-state index in [1.165, 1.54) is 0 Å². The van der Waals surface area contributed by atoms with Gasteiger partial charge in [-0.15, -0.1) is 0 Å². The van der Waals surface area contributed by atoms with Crippen molar-refractivity contribution in [1.29, 1.82) is 0 Å². The lowest BCUT2D eigenvalue weighted by Gasteiger charge is -2.50. The number of phosphoric ester groups is 2. The maximum absolute atomic E-state index is 14.7. The van der Waals surface area contributed by atoms with Gasteiger partial charge in [-0.3, -0.25) is 28.2 Å². The number of ether oxygens (including phenoxy) is 9. The first-order valence-corrected chi connectivity index (χ1v) is 49.0. The molecule has 0 aromatic heterocycles. The number of unbranched alkanes of at least 4 members (excludes halogenated alkanes) is 32. The number of carbonyl (C=O) groups excluding carboxylic acids is 4. The van der Waals surface area contributed by atoms with Gasteiger partial charge in [0, 0.05) is 12.8 Å². The highest BCUT2D eigenvalue weighted by molar-refractivity contribution is 7.46. The Labute approximate surface area is 735 Å². The standard InChI is InChI=1S/C84H154N2O37P2/c1-5-9-13-17-21-25-29-33-37-41-55(89)45-65(96)85-69-77(117-67(98)47-57(91)43-39-35-31-27-23-19-15-11-7-3)73(102)63(115-80(69)123-125(110,111)112)53-113-79-70(86-66(97)46-56(90)42-38-34-30-26-22-18-14-10-6-2)78(118-68(99)48-58(92)44-40-36-32-28-24-20-16-12-8-4)76(122-124(107,108)109)64(116-79)54-114-83(81(103)104)50-62(72(101)75(120-83)61(95)52-88)119-84(82(105)106)49-59(93)71(100)74(121-84)60(94)51-87/h55-64,69-80,87-95,100-102H,5-54H2,1-4H3,(H,85,96)(H,86,97)(H,103,104)(H,105,106)(H2,107,108,109)(H2,110,111,112)/t55-,56-,57-,58-,59-,60-,61-,62-,63-,64?,69-,70-,71-,72-,73-,74-,75-,76-,77-,78-,79-,80-,83?,84-/m1/s1. The van der Waals surface area contributed by atoms with Crippen molar-refractivity contribution in [2.24, 2.45) is 0 Å². The third-order valence-corrected chi connectivity index (χ3v) is 24.3. The number of nitrogens with one attached hydrogen (secondary N) is 2. The summed E-state index contributed by atoms with van der Waals surface area (Å²) in [6, 6.07) is -4.34. The van der Waals surface area contributed by atoms with E-state index in [1.54, 1.807) is 0 Å². The number of amides is 2. The third kappa shape index (κ3) is 42.8. The summed E-state index contributed by atoms with van der Waals surface area (Å²) < 4.78 is 90.8. The van der Waals surface area contributed by atoms with Crippen LogP contribution in [0.5, 0.6) is 0 Å². The third-order valence-electron chi connectivity index (χ3n) is 23.3. The van der Waals surface area contributed by atoms with Crippen molar-refractivity contribution in [2.45, 2.75) is 469 Å². The minimum absolute atomic E-state index is 0.00496. The molecule has 0 spiro atoms. The maximum atomic E-state index is 14.7. The van der Waals surface area contributed by atoms with Gasteiger partial charge in [0.25, 0.3) is 11.6 Å². The topological polar surface area (TPSA) is 626 Å². The first kappa shape index (κ1) is 114. The van der Waals surface area contributed by atoms with Crippen molar-refractivity contribution in [3.63, 3.8) is 0 Å². The molecule has 732 valence electrons. The Hall–Kier alpha value is -3.72. The minimum Gasteiger partial charge on any atom is -0.477 e. The smallest absolute Gasteiger partial charge is 0.472 e. The summed E-state index contributed by atoms with van der Waals surface area (Å²) in [6.07, 6.45) is -15.9. The van der Waals surface area contributed by atoms with E-state index >= 15 is 0 Å². The SMILES string of the molecule is CCCCCCCCCCC[C@@H](O)CC(=O)N[C@H]1[C@H](OC[C@H]2O[C@H](OP(=O)(O)O)[C@H](NC(=O)C[C@H](O)CCCCCCCCCCC)[C@@H](OC(=O)C[C@H](O)CCCCCCCCCCC)[C@@H]2O)OC(COC2(C(=O)O)C[C@@H](O[C@]3(C(=O)O)C[C@@H](O)[C@@H](O)[C@@H]([C@H](O)CO)O3)[C@@H](O)[C@@H]([C@H](O)CO)O2)[C@@H](OP(=O)(O)O)[C@@H]1OC(=O)C[C@H](O)CCCCCCCCCCC. The van der Waals surface area contributed by atoms with Crippen LogP contribution >= 0.6 is 15.6 Å². The normalized spacial score (nSPS) is 28.3. The highest BCUT2D eigenvalue weighted by Crippen LogP contribution is 2.46. The zero-order valence-corrected chi connectivity index (χ0v) is 75.5. The van der Waals surface area contributed by atoms with E-state index in [2.05, 4.69) is 38.3 Å². The Morgan fingerprint density at radius 3 is 1.13 bits per heavy atom. The van der Waals surface area contributed by atoms with Crippen molar-refractivity contribution >= 4 is 51.3 Å². The Balaban J connectivity index is 1.93. The molecule has 39 nitrogen and oxygen atoms in total. The Kier molecular flexibility index (Phi) is 55.6. The second-order valence-electron chi connectivity index (χ2n) is 34.3. The van der Waals surface area contributed by atoms with Crippen LogP contribution in [0.25, 0.3) is 0 Å². The fraction of sp³-hybridized carbons (Fsp3) is 0.929. The largest absolute Gasteiger partial charge is 0.477 e. The second kappa shape index (κ2) is 61.2. The molecule has 0 aromatic rings. The molecule has 2 amide bonds. The van der Waals surface area contributed by atoms with Crippen molar-refractivity contribution in [3.05, 3.63) is 0 Å². The number of esters is 2. The molecule has 0 saturated carbocycles. The van der Waals surface area contributed by atoms with Crippen molar-refractivity contribution in [1.82, 2.24) is 10.6 Å². The van der Waals surface area contributed by atoms with Gasteiger partial charge < -0.3 is 144 Å². The van der Waals surface area contributed by atoms with E-state index < -0.39 is 262 Å². The average Bonchev–Trinajstić information content (AvgIpc) is 0.751. The molecule has 4 saturated heterocycles. The second-order valence-corrected chi connectivity index (χ2v) is 36.7. The van der Waals surface area contributed by atoms with E-state index in [0.717, 1.165) is 180 Å². The molecule has 4 fully saturated rings. The monoisotopic (exact) mass is 1840 g/mol. The Morgan fingerprint density at radius 1 is 0.408 bits per heavy atom. The van der Waals surface area contributed by atoms with Crippen molar-refractivity contribution < 1.29 is 181 Å². The molecule has 4 aliphatic rings. The van der Waals surface area contributed by atoms with Gasteiger partial charge >= 0.3 is 39.5 Å². The summed E-state index contributed by atoms with van der Waals surface area (Å²) >= 11 is 0. The fourth-order valence-corrected chi connectivity index (χ4v) is 17.3. The lowest BCUT2D eigenvalue weighted by atomic mass is 9.90. The highest BCUT2D eigenvalue weighted by atomic mass is 31.2. The number of hydrogen-bond acceptors (Lipinski definition) is 31. The van der Waals surface area contributed by atoms with Gasteiger partial charge in [0.15, 0.2) is 24.8 Å². The molecule has 20 N–H and O–H groups in total. The van der Waals surface area contributed by atoms with Crippen LogP contribution in [0, 0.1) is 0 Å². The van der Waals surface area contributed by atoms with Crippen LogP contribution < -0.4 is 10.6 Å². The number of carbonyl (C=O) groups is 6. The van der Waals surface area contributed by atoms with Gasteiger partial charge in [-0.05, 0) is 25.7 Å². The molecule has 4 heterocycles. The van der Waals surface area contributed by atoms with Crippen molar-refractivity contribution in [2.75, 3.05) is 26.4 Å². The summed E-state index contributed by atoms with van der Waals surface area (Å²) in [5.41, 5.74) is 0. The first-order valence-electron chi connectivity index (χ1n) is 46.0. The van der Waals surface area contributed by atoms with Crippen LogP contribution in [0.15, 0.2) is 0 Å². The first-order chi connectivity index (χ1) is 59.4. The number of rotatable bonds is 70. The van der Waals surface area contributed by atoms with Crippen LogP contribution in [0.3, 0.4) is 0 Å². The van der Waals surface area contributed by atoms with Crippen LogP contribution in [0.2, 0.25) is 0 Å². The molecule has 0 aromatic carbocycles. The Morgan fingerprint density at radius 2 is 0.752 bits per heavy atom. The van der Waals surface area contributed by atoms with E-state index in [1.807, 2.05) is 0 Å². The van der Waals surface area contributed by atoms with Gasteiger partial charge in [-0.1, -0.05) is 259 Å². The van der Waals surface area contributed by atoms with E-state index in [4.69, 9.17) is 51.7 Å². The summed E-state index contributed by atoms with van der Waals surface area (Å²) in [5.74, 6) is -16.0. The van der Waals surface area contributed by atoms with E-state index in [9.17, 15) is 129 Å². The molecule has 24 atom stereocenters. The quantitative estimate of drug-likeness (QED) is 0.0183. The van der Waals surface area contributed by atoms with Crippen LogP contribution in [0.1, 0.15) is 323 Å². The molecule has 41 heteroatoms. The molecule has 4 rings (SSSR count). The average molecular weight is 1850 g/mol. The highest BCUT2D eigenvalue weighted by Gasteiger charge is 2.63. The van der Waals surface area contributed by atoms with Gasteiger partial charge in [-0.2, -0.15) is 0 Å². The predicted molar refractivity (Wildman–Crippen MR) is 448 cm³/mol. The summed E-state index contributed by atoms with van der Waals surface area (Å²) in [7, 11) is -11.9. The number of aliphatic hydroxyl groups excluding tert-OH is 12. The van der Waals surface area contributed by atoms with Crippen LogP contribution in [0.4, 0.5) is 0 Å². The fourth-order valence-electron chi connectivity index (χ4n) is 16.2. The number of carboxylic acid groups (broad SMARTS) is 2. The van der Waals surface area contributed by atoms with E-state index in [-0.39, 0.29) is 25.7 Å². The molecule has 0 radical (unpaired) electrons. The minimum atomic E-state index is -6.10. The molecule has 0 bridgehead atoms. The Bertz CT molecular complexity index is 3090. The number of aliphatic carboxylic acids is 2. The summed E-state index contributed by atoms with van der Waals surface area (Å²) in [5, 5.41) is 161. The number of aliphatic hydroxyl groups is 12.